The van der Waals surface area contributed by atoms with Crippen molar-refractivity contribution in [1.29, 1.82) is 0 Å². The number of ether oxygens (including phenoxy) is 2. The molecule has 1 heterocycles. The van der Waals surface area contributed by atoms with Crippen LogP contribution in [0.25, 0.3) is 0 Å². The molecule has 108 valence electrons. The van der Waals surface area contributed by atoms with E-state index >= 15 is 0 Å². The number of halogens is 3. The molecule has 0 amide bonds. The Labute approximate surface area is 123 Å². The Balaban J connectivity index is 1.87. The van der Waals surface area contributed by atoms with Crippen molar-refractivity contribution in [2.75, 3.05) is 0 Å². The van der Waals surface area contributed by atoms with Crippen LogP contribution in [0.15, 0.2) is 41.4 Å². The van der Waals surface area contributed by atoms with Gasteiger partial charge >= 0.3 is 6.29 Å². The summed E-state index contributed by atoms with van der Waals surface area (Å²) in [5.74, 6) is -0.134. The van der Waals surface area contributed by atoms with Crippen LogP contribution in [0.2, 0.25) is 5.02 Å². The number of benzene rings is 2. The minimum Gasteiger partial charge on any atom is -0.507 e. The maximum atomic E-state index is 12.9. The molecule has 7 heteroatoms. The second-order valence-electron chi connectivity index (χ2n) is 4.26. The molecular weight excluding hydrogens is 304 g/mol. The van der Waals surface area contributed by atoms with E-state index in [0.717, 1.165) is 0 Å². The van der Waals surface area contributed by atoms with Gasteiger partial charge in [0.25, 0.3) is 0 Å². The molecule has 21 heavy (non-hydrogen) atoms. The van der Waals surface area contributed by atoms with Crippen molar-refractivity contribution in [3.05, 3.63) is 47.0 Å². The summed E-state index contributed by atoms with van der Waals surface area (Å²) in [5, 5.41) is 10.1. The van der Waals surface area contributed by atoms with Crippen LogP contribution in [-0.2, 0) is 0 Å². The van der Waals surface area contributed by atoms with Gasteiger partial charge in [0, 0.05) is 22.9 Å². The van der Waals surface area contributed by atoms with Gasteiger partial charge < -0.3 is 14.6 Å². The standard InChI is InChI=1S/C14H8ClF2NO3/c15-9-1-3-11(19)8(5-9)7-18-10-2-4-12-13(6-10)21-14(16,17)20-12/h1-7,19H. The molecule has 0 saturated carbocycles. The molecule has 1 N–H and O–H groups in total. The fraction of sp³-hybridized carbons (Fsp3) is 0.0714. The van der Waals surface area contributed by atoms with Gasteiger partial charge in [0.1, 0.15) is 5.75 Å². The van der Waals surface area contributed by atoms with Crippen molar-refractivity contribution in [1.82, 2.24) is 0 Å². The molecule has 0 fully saturated rings. The van der Waals surface area contributed by atoms with E-state index in [4.69, 9.17) is 11.6 Å². The van der Waals surface area contributed by atoms with Gasteiger partial charge in [0.15, 0.2) is 11.5 Å². The molecule has 2 aromatic carbocycles. The molecule has 0 atom stereocenters. The van der Waals surface area contributed by atoms with E-state index in [1.54, 1.807) is 0 Å². The van der Waals surface area contributed by atoms with E-state index in [0.29, 0.717) is 16.3 Å². The minimum atomic E-state index is -3.66. The largest absolute Gasteiger partial charge is 0.586 e. The lowest BCUT2D eigenvalue weighted by molar-refractivity contribution is -0.286. The van der Waals surface area contributed by atoms with Crippen LogP contribution in [0.1, 0.15) is 5.56 Å². The molecule has 1 aliphatic rings. The summed E-state index contributed by atoms with van der Waals surface area (Å²) in [6, 6.07) is 8.64. The smallest absolute Gasteiger partial charge is 0.507 e. The molecule has 0 aromatic heterocycles. The predicted molar refractivity (Wildman–Crippen MR) is 73.0 cm³/mol. The lowest BCUT2D eigenvalue weighted by Crippen LogP contribution is -2.25. The van der Waals surface area contributed by atoms with Crippen LogP contribution in [0.5, 0.6) is 17.2 Å². The lowest BCUT2D eigenvalue weighted by atomic mass is 10.2. The first kappa shape index (κ1) is 13.6. The zero-order chi connectivity index (χ0) is 15.0. The van der Waals surface area contributed by atoms with Gasteiger partial charge in [-0.1, -0.05) is 11.6 Å². The summed E-state index contributed by atoms with van der Waals surface area (Å²) in [6.07, 6.45) is -2.28. The maximum Gasteiger partial charge on any atom is 0.586 e. The monoisotopic (exact) mass is 311 g/mol. The molecule has 0 aliphatic carbocycles. The molecule has 2 aromatic rings. The van der Waals surface area contributed by atoms with Gasteiger partial charge in [0.05, 0.1) is 5.69 Å². The van der Waals surface area contributed by atoms with E-state index in [1.807, 2.05) is 0 Å². The van der Waals surface area contributed by atoms with Gasteiger partial charge in [-0.25, -0.2) is 0 Å². The molecule has 1 aliphatic heterocycles. The third-order valence-electron chi connectivity index (χ3n) is 2.73. The summed E-state index contributed by atoms with van der Waals surface area (Å²) >= 11 is 5.81. The van der Waals surface area contributed by atoms with E-state index in [-0.39, 0.29) is 17.2 Å². The number of rotatable bonds is 2. The molecule has 0 saturated heterocycles. The average Bonchev–Trinajstić information content (AvgIpc) is 2.72. The number of aliphatic imine (C=N–C) groups is 1. The van der Waals surface area contributed by atoms with Crippen LogP contribution >= 0.6 is 11.6 Å². The number of phenols is 1. The first-order chi connectivity index (χ1) is 9.93. The van der Waals surface area contributed by atoms with E-state index < -0.39 is 6.29 Å². The second kappa shape index (κ2) is 4.89. The highest BCUT2D eigenvalue weighted by atomic mass is 35.5. The van der Waals surface area contributed by atoms with E-state index in [9.17, 15) is 13.9 Å². The number of phenolic OH excluding ortho intramolecular Hbond substituents is 1. The first-order valence-corrected chi connectivity index (χ1v) is 6.23. The molecule has 0 radical (unpaired) electrons. The van der Waals surface area contributed by atoms with Crippen LogP contribution in [-0.4, -0.2) is 17.6 Å². The van der Waals surface area contributed by atoms with E-state index in [1.165, 1.54) is 42.6 Å². The highest BCUT2D eigenvalue weighted by Crippen LogP contribution is 2.42. The molecule has 0 bridgehead atoms. The predicted octanol–water partition coefficient (Wildman–Crippen LogP) is 4.12. The third-order valence-corrected chi connectivity index (χ3v) is 2.96. The third kappa shape index (κ3) is 2.90. The molecule has 0 unspecified atom stereocenters. The highest BCUT2D eigenvalue weighted by Gasteiger charge is 2.43. The van der Waals surface area contributed by atoms with Crippen molar-refractivity contribution in [2.45, 2.75) is 6.29 Å². The second-order valence-corrected chi connectivity index (χ2v) is 4.70. The van der Waals surface area contributed by atoms with Crippen molar-refractivity contribution in [3.63, 3.8) is 0 Å². The van der Waals surface area contributed by atoms with Gasteiger partial charge in [-0.05, 0) is 30.3 Å². The first-order valence-electron chi connectivity index (χ1n) is 5.85. The van der Waals surface area contributed by atoms with Crippen molar-refractivity contribution < 1.29 is 23.4 Å². The van der Waals surface area contributed by atoms with Crippen LogP contribution in [0.3, 0.4) is 0 Å². The van der Waals surface area contributed by atoms with Crippen molar-refractivity contribution in [3.8, 4) is 17.2 Å². The summed E-state index contributed by atoms with van der Waals surface area (Å²) in [6.45, 7) is 0. The maximum absolute atomic E-state index is 12.9. The van der Waals surface area contributed by atoms with Gasteiger partial charge in [0.2, 0.25) is 0 Å². The van der Waals surface area contributed by atoms with Gasteiger partial charge in [-0.2, -0.15) is 0 Å². The van der Waals surface area contributed by atoms with Gasteiger partial charge in [-0.15, -0.1) is 8.78 Å². The summed E-state index contributed by atoms with van der Waals surface area (Å²) in [7, 11) is 0. The molecule has 4 nitrogen and oxygen atoms in total. The minimum absolute atomic E-state index is 0.00965. The normalized spacial score (nSPS) is 15.6. The Morgan fingerprint density at radius 3 is 2.67 bits per heavy atom. The quantitative estimate of drug-likeness (QED) is 0.849. The Kier molecular flexibility index (Phi) is 3.17. The average molecular weight is 312 g/mol. The number of aromatic hydroxyl groups is 1. The topological polar surface area (TPSA) is 51.1 Å². The van der Waals surface area contributed by atoms with Crippen LogP contribution in [0, 0.1) is 0 Å². The molecule has 0 spiro atoms. The zero-order valence-electron chi connectivity index (χ0n) is 10.4. The number of nitrogens with zero attached hydrogens (tertiary/aromatic N) is 1. The highest BCUT2D eigenvalue weighted by molar-refractivity contribution is 6.30. The number of hydrogen-bond donors (Lipinski definition) is 1. The Morgan fingerprint density at radius 2 is 1.86 bits per heavy atom. The zero-order valence-corrected chi connectivity index (χ0v) is 11.1. The Morgan fingerprint density at radius 1 is 1.10 bits per heavy atom. The van der Waals surface area contributed by atoms with E-state index in [2.05, 4.69) is 14.5 Å². The SMILES string of the molecule is Oc1ccc(Cl)cc1C=Nc1ccc2c(c1)OC(F)(F)O2. The summed E-state index contributed by atoms with van der Waals surface area (Å²) in [5.41, 5.74) is 0.778. The Bertz CT molecular complexity index is 734. The van der Waals surface area contributed by atoms with Crippen molar-refractivity contribution >= 4 is 23.5 Å². The number of fused-ring (bicyclic) bond motifs is 1. The summed E-state index contributed by atoms with van der Waals surface area (Å²) in [4.78, 5) is 4.08. The fourth-order valence-electron chi connectivity index (χ4n) is 1.79. The van der Waals surface area contributed by atoms with Crippen LogP contribution in [0.4, 0.5) is 14.5 Å². The number of hydrogen-bond acceptors (Lipinski definition) is 4. The number of alkyl halides is 2. The van der Waals surface area contributed by atoms with Crippen LogP contribution < -0.4 is 9.47 Å². The summed E-state index contributed by atoms with van der Waals surface area (Å²) < 4.78 is 34.4. The Hall–Kier alpha value is -2.34. The fourth-order valence-corrected chi connectivity index (χ4v) is 1.97. The van der Waals surface area contributed by atoms with Gasteiger partial charge in [-0.3, -0.25) is 4.99 Å². The molecule has 3 rings (SSSR count). The molecular formula is C14H8ClF2NO3. The lowest BCUT2D eigenvalue weighted by Gasteiger charge is -2.04. The van der Waals surface area contributed by atoms with Crippen molar-refractivity contribution in [2.24, 2.45) is 4.99 Å².